The molecule has 0 spiro atoms. The summed E-state index contributed by atoms with van der Waals surface area (Å²) in [4.78, 5) is 24.9. The van der Waals surface area contributed by atoms with Crippen molar-refractivity contribution in [2.24, 2.45) is 0 Å². The van der Waals surface area contributed by atoms with Gasteiger partial charge in [0.15, 0.2) is 0 Å². The molecule has 194 valence electrons. The lowest BCUT2D eigenvalue weighted by atomic mass is 10.1. The van der Waals surface area contributed by atoms with E-state index in [0.29, 0.717) is 18.2 Å². The van der Waals surface area contributed by atoms with Gasteiger partial charge in [-0.25, -0.2) is 19.9 Å². The van der Waals surface area contributed by atoms with E-state index in [1.807, 2.05) is 24.4 Å². The summed E-state index contributed by atoms with van der Waals surface area (Å²) in [7, 11) is 0. The number of pyridine rings is 2. The molecule has 4 aromatic heterocycles. The Morgan fingerprint density at radius 2 is 2.00 bits per heavy atom. The van der Waals surface area contributed by atoms with Crippen molar-refractivity contribution in [2.45, 2.75) is 31.6 Å². The lowest BCUT2D eigenvalue weighted by molar-refractivity contribution is -0.137. The third kappa shape index (κ3) is 4.61. The number of H-pyrrole nitrogens is 1. The third-order valence-electron chi connectivity index (χ3n) is 7.19. The molecular formula is C26H24F3N9. The van der Waals surface area contributed by atoms with Crippen molar-refractivity contribution in [3.8, 4) is 17.3 Å². The fraction of sp³-hybridized carbons (Fsp3) is 0.346. The van der Waals surface area contributed by atoms with Crippen LogP contribution in [0.1, 0.15) is 29.5 Å². The number of aromatic nitrogens is 5. The quantitative estimate of drug-likeness (QED) is 0.404. The molecule has 2 fully saturated rings. The van der Waals surface area contributed by atoms with Crippen LogP contribution in [0.5, 0.6) is 0 Å². The van der Waals surface area contributed by atoms with Gasteiger partial charge < -0.3 is 15.2 Å². The molecule has 0 amide bonds. The van der Waals surface area contributed by atoms with Crippen LogP contribution in [0.3, 0.4) is 0 Å². The summed E-state index contributed by atoms with van der Waals surface area (Å²) in [5.41, 5.74) is 1.02. The van der Waals surface area contributed by atoms with E-state index < -0.39 is 11.7 Å². The first-order valence-electron chi connectivity index (χ1n) is 12.4. The van der Waals surface area contributed by atoms with Crippen LogP contribution in [0.2, 0.25) is 0 Å². The predicted molar refractivity (Wildman–Crippen MR) is 135 cm³/mol. The highest BCUT2D eigenvalue weighted by molar-refractivity contribution is 5.94. The third-order valence-corrected chi connectivity index (χ3v) is 7.19. The standard InChI is InChI=1S/C26H24F3N9/c27-26(28,29)18-8-20-21(14-33-24(20)32-13-18)23-17(9-30)12-35-25(36-23)34-11-16-3-4-22(31-10-16)38-7-6-37-5-1-2-19(37)15-38/h3-4,8,10,12-14,19H,1-2,5-7,11,15H2,(H,32,33)(H,34,35,36)/t19-/m1/s1. The van der Waals surface area contributed by atoms with E-state index in [-0.39, 0.29) is 28.2 Å². The van der Waals surface area contributed by atoms with Gasteiger partial charge in [-0.05, 0) is 37.1 Å². The summed E-state index contributed by atoms with van der Waals surface area (Å²) in [6.07, 6.45) is 3.41. The maximum absolute atomic E-state index is 13.3. The molecule has 2 N–H and O–H groups in total. The molecule has 0 aromatic carbocycles. The Labute approximate surface area is 216 Å². The molecule has 0 unspecified atom stereocenters. The molecule has 12 heteroatoms. The molecular weight excluding hydrogens is 495 g/mol. The Bertz CT molecular complexity index is 1510. The smallest absolute Gasteiger partial charge is 0.354 e. The summed E-state index contributed by atoms with van der Waals surface area (Å²) in [5, 5.41) is 12.9. The molecule has 2 saturated heterocycles. The number of piperazine rings is 1. The van der Waals surface area contributed by atoms with Gasteiger partial charge in [-0.15, -0.1) is 0 Å². The molecule has 2 aliphatic rings. The van der Waals surface area contributed by atoms with Crippen LogP contribution in [-0.2, 0) is 12.7 Å². The zero-order valence-electron chi connectivity index (χ0n) is 20.3. The van der Waals surface area contributed by atoms with E-state index in [1.165, 1.54) is 31.8 Å². The molecule has 6 rings (SSSR count). The number of rotatable bonds is 5. The van der Waals surface area contributed by atoms with E-state index in [4.69, 9.17) is 0 Å². The summed E-state index contributed by atoms with van der Waals surface area (Å²) >= 11 is 0. The minimum Gasteiger partial charge on any atom is -0.354 e. The number of alkyl halides is 3. The largest absolute Gasteiger partial charge is 0.417 e. The van der Waals surface area contributed by atoms with Gasteiger partial charge in [0.1, 0.15) is 17.5 Å². The van der Waals surface area contributed by atoms with Crippen LogP contribution in [0.25, 0.3) is 22.3 Å². The number of hydrogen-bond acceptors (Lipinski definition) is 8. The number of nitrogens with zero attached hydrogens (tertiary/aromatic N) is 7. The Morgan fingerprint density at radius 3 is 2.79 bits per heavy atom. The first-order chi connectivity index (χ1) is 18.4. The SMILES string of the molecule is N#Cc1cnc(NCc2ccc(N3CCN4CCC[C@@H]4C3)nc2)nc1-c1c[nH]c2ncc(C(F)(F)F)cc12. The average molecular weight is 520 g/mol. The summed E-state index contributed by atoms with van der Waals surface area (Å²) in [6, 6.07) is 7.66. The van der Waals surface area contributed by atoms with Crippen LogP contribution in [0, 0.1) is 11.3 Å². The van der Waals surface area contributed by atoms with E-state index in [1.54, 1.807) is 0 Å². The van der Waals surface area contributed by atoms with Gasteiger partial charge >= 0.3 is 6.18 Å². The molecule has 9 nitrogen and oxygen atoms in total. The number of halogens is 3. The Hall–Kier alpha value is -4.24. The Morgan fingerprint density at radius 1 is 1.11 bits per heavy atom. The summed E-state index contributed by atoms with van der Waals surface area (Å²) in [5.74, 6) is 1.21. The minimum absolute atomic E-state index is 0.141. The van der Waals surface area contributed by atoms with E-state index in [9.17, 15) is 18.4 Å². The number of nitriles is 1. The molecule has 0 aliphatic carbocycles. The highest BCUT2D eigenvalue weighted by Gasteiger charge is 2.32. The topological polar surface area (TPSA) is 110 Å². The summed E-state index contributed by atoms with van der Waals surface area (Å²) in [6.45, 7) is 4.62. The second-order valence-electron chi connectivity index (χ2n) is 9.54. The Balaban J connectivity index is 1.19. The summed E-state index contributed by atoms with van der Waals surface area (Å²) < 4.78 is 39.8. The molecule has 1 atom stereocenters. The van der Waals surface area contributed by atoms with Crippen LogP contribution >= 0.6 is 0 Å². The molecule has 0 radical (unpaired) electrons. The van der Waals surface area contributed by atoms with E-state index in [2.05, 4.69) is 40.0 Å². The first kappa shape index (κ1) is 24.1. The lowest BCUT2D eigenvalue weighted by Crippen LogP contribution is -2.50. The number of aromatic amines is 1. The number of fused-ring (bicyclic) bond motifs is 2. The molecule has 6 heterocycles. The number of anilines is 2. The number of hydrogen-bond donors (Lipinski definition) is 2. The van der Waals surface area contributed by atoms with Gasteiger partial charge in [0.25, 0.3) is 0 Å². The zero-order valence-corrected chi connectivity index (χ0v) is 20.3. The van der Waals surface area contributed by atoms with Crippen molar-refractivity contribution in [1.29, 1.82) is 5.26 Å². The van der Waals surface area contributed by atoms with Crippen LogP contribution in [0.15, 0.2) is 43.0 Å². The number of nitrogens with one attached hydrogen (secondary N) is 2. The maximum atomic E-state index is 13.3. The fourth-order valence-corrected chi connectivity index (χ4v) is 5.20. The highest BCUT2D eigenvalue weighted by Crippen LogP contribution is 2.34. The second-order valence-corrected chi connectivity index (χ2v) is 9.54. The van der Waals surface area contributed by atoms with Gasteiger partial charge in [0, 0.05) is 61.8 Å². The molecule has 0 saturated carbocycles. The normalized spacial score (nSPS) is 17.9. The fourth-order valence-electron chi connectivity index (χ4n) is 5.20. The van der Waals surface area contributed by atoms with Gasteiger partial charge in [-0.1, -0.05) is 6.07 Å². The molecule has 2 aliphatic heterocycles. The van der Waals surface area contributed by atoms with Crippen LogP contribution in [-0.4, -0.2) is 62.0 Å². The molecule has 0 bridgehead atoms. The van der Waals surface area contributed by atoms with Crippen molar-refractivity contribution in [3.05, 3.63) is 59.7 Å². The van der Waals surface area contributed by atoms with Crippen molar-refractivity contribution in [2.75, 3.05) is 36.4 Å². The van der Waals surface area contributed by atoms with E-state index >= 15 is 0 Å². The van der Waals surface area contributed by atoms with Crippen molar-refractivity contribution < 1.29 is 13.2 Å². The average Bonchev–Trinajstić information content (AvgIpc) is 3.58. The monoisotopic (exact) mass is 519 g/mol. The van der Waals surface area contributed by atoms with Gasteiger partial charge in [-0.2, -0.15) is 18.4 Å². The van der Waals surface area contributed by atoms with Crippen LogP contribution in [0.4, 0.5) is 24.9 Å². The van der Waals surface area contributed by atoms with E-state index in [0.717, 1.165) is 43.3 Å². The molecule has 38 heavy (non-hydrogen) atoms. The Kier molecular flexibility index (Phi) is 6.07. The van der Waals surface area contributed by atoms with Gasteiger partial charge in [0.05, 0.1) is 23.0 Å². The highest BCUT2D eigenvalue weighted by atomic mass is 19.4. The van der Waals surface area contributed by atoms with Crippen molar-refractivity contribution >= 4 is 22.8 Å². The van der Waals surface area contributed by atoms with Gasteiger partial charge in [-0.3, -0.25) is 4.90 Å². The maximum Gasteiger partial charge on any atom is 0.417 e. The second kappa shape index (κ2) is 9.57. The zero-order chi connectivity index (χ0) is 26.3. The first-order valence-corrected chi connectivity index (χ1v) is 12.4. The van der Waals surface area contributed by atoms with Crippen molar-refractivity contribution in [3.63, 3.8) is 0 Å². The molecule has 4 aromatic rings. The van der Waals surface area contributed by atoms with Crippen molar-refractivity contribution in [1.82, 2.24) is 29.8 Å². The minimum atomic E-state index is -4.54. The van der Waals surface area contributed by atoms with Crippen LogP contribution < -0.4 is 10.2 Å². The predicted octanol–water partition coefficient (Wildman–Crippen LogP) is 4.20. The van der Waals surface area contributed by atoms with Gasteiger partial charge in [0.2, 0.25) is 5.95 Å². The lowest BCUT2D eigenvalue weighted by Gasteiger charge is -2.38.